The van der Waals surface area contributed by atoms with E-state index in [1.807, 2.05) is 0 Å². The Bertz CT molecular complexity index is 1300. The molecule has 2 atom stereocenters. The summed E-state index contributed by atoms with van der Waals surface area (Å²) >= 11 is 3.77. The Labute approximate surface area is 250 Å². The van der Waals surface area contributed by atoms with Crippen molar-refractivity contribution in [1.82, 2.24) is 21.0 Å². The minimum Gasteiger partial charge on any atom is -0.493 e. The lowest BCUT2D eigenvalue weighted by Gasteiger charge is -2.10. The van der Waals surface area contributed by atoms with Crippen molar-refractivity contribution in [2.24, 2.45) is 10.2 Å². The van der Waals surface area contributed by atoms with E-state index >= 15 is 0 Å². The molecule has 3 aromatic rings. The molecular formula is C26H30N6O6S3. The van der Waals surface area contributed by atoms with Gasteiger partial charge in [0.2, 0.25) is 0 Å². The van der Waals surface area contributed by atoms with E-state index in [1.54, 1.807) is 64.5 Å². The maximum Gasteiger partial charge on any atom is 0.253 e. The van der Waals surface area contributed by atoms with Crippen LogP contribution in [0.25, 0.3) is 0 Å². The lowest BCUT2D eigenvalue weighted by molar-refractivity contribution is -0.121. The normalized spacial score (nSPS) is 12.6. The molecule has 0 fully saturated rings. The first-order valence-electron chi connectivity index (χ1n) is 12.1. The van der Waals surface area contributed by atoms with Gasteiger partial charge in [-0.15, -0.1) is 10.2 Å². The highest BCUT2D eigenvalue weighted by molar-refractivity contribution is 8.04. The summed E-state index contributed by atoms with van der Waals surface area (Å²) in [5.41, 5.74) is 6.35. The quantitative estimate of drug-likeness (QED) is 0.155. The van der Waals surface area contributed by atoms with Crippen LogP contribution in [0.4, 0.5) is 0 Å². The molecular weight excluding hydrogens is 589 g/mol. The number of nitrogens with zero attached hydrogens (tertiary/aromatic N) is 4. The van der Waals surface area contributed by atoms with E-state index in [9.17, 15) is 9.59 Å². The number of hydrogen-bond donors (Lipinski definition) is 2. The Kier molecular flexibility index (Phi) is 12.2. The summed E-state index contributed by atoms with van der Waals surface area (Å²) in [5, 5.41) is 15.4. The summed E-state index contributed by atoms with van der Waals surface area (Å²) in [6, 6.07) is 10.7. The number of carbonyl (C=O) groups is 2. The van der Waals surface area contributed by atoms with Crippen LogP contribution in [0.3, 0.4) is 0 Å². The van der Waals surface area contributed by atoms with Gasteiger partial charge >= 0.3 is 0 Å². The molecule has 0 unspecified atom stereocenters. The Morgan fingerprint density at radius 3 is 1.54 bits per heavy atom. The average Bonchev–Trinajstić information content (AvgIpc) is 3.42. The standard InChI is InChI=1S/C26H30N6O6S3/c1-15(23(33)29-27-13-17-9-7-11-19(35-3)21(17)37-5)39-25-31-32-26(41-25)40-16(2)24(34)30-28-14-18-10-8-12-20(36-4)22(18)38-6/h7-16H,1-6H3,(H,29,33)(H,30,34)/t15-,16+. The SMILES string of the molecule is COc1cccc(C=NNC(=O)[C@H](C)Sc2nnc(S[C@H](C)C(=O)NN=Cc3cccc(OC)c3OC)s2)c1OC. The molecule has 1 aromatic heterocycles. The first kappa shape index (κ1) is 31.7. The molecule has 2 N–H and O–H groups in total. The van der Waals surface area contributed by atoms with Crippen LogP contribution in [-0.2, 0) is 9.59 Å². The lowest BCUT2D eigenvalue weighted by Crippen LogP contribution is -2.26. The second-order valence-corrected chi connectivity index (χ2v) is 12.1. The molecule has 3 rings (SSSR count). The van der Waals surface area contributed by atoms with Crippen molar-refractivity contribution in [3.63, 3.8) is 0 Å². The fourth-order valence-electron chi connectivity index (χ4n) is 3.24. The minimum absolute atomic E-state index is 0.309. The topological polar surface area (TPSA) is 146 Å². The summed E-state index contributed by atoms with van der Waals surface area (Å²) in [5.74, 6) is 1.53. The second kappa shape index (κ2) is 15.8. The fraction of sp³-hybridized carbons (Fsp3) is 0.308. The molecule has 0 radical (unpaired) electrons. The second-order valence-electron chi connectivity index (χ2n) is 7.99. The van der Waals surface area contributed by atoms with Crippen molar-refractivity contribution in [1.29, 1.82) is 0 Å². The van der Waals surface area contributed by atoms with Gasteiger partial charge in [0.25, 0.3) is 11.8 Å². The van der Waals surface area contributed by atoms with Crippen LogP contribution in [0.1, 0.15) is 25.0 Å². The van der Waals surface area contributed by atoms with Crippen LogP contribution >= 0.6 is 34.9 Å². The maximum absolute atomic E-state index is 12.5. The summed E-state index contributed by atoms with van der Waals surface area (Å²) < 4.78 is 22.4. The molecule has 15 heteroatoms. The van der Waals surface area contributed by atoms with Crippen molar-refractivity contribution in [2.75, 3.05) is 28.4 Å². The Morgan fingerprint density at radius 1 is 0.756 bits per heavy atom. The van der Waals surface area contributed by atoms with Crippen LogP contribution in [0.2, 0.25) is 0 Å². The van der Waals surface area contributed by atoms with Crippen molar-refractivity contribution in [2.45, 2.75) is 33.0 Å². The van der Waals surface area contributed by atoms with Crippen molar-refractivity contribution in [3.8, 4) is 23.0 Å². The maximum atomic E-state index is 12.5. The fourth-order valence-corrected chi connectivity index (χ4v) is 6.54. The number of methoxy groups -OCH3 is 4. The largest absolute Gasteiger partial charge is 0.493 e. The van der Waals surface area contributed by atoms with E-state index in [1.165, 1.54) is 61.5 Å². The molecule has 0 aliphatic carbocycles. The van der Waals surface area contributed by atoms with Gasteiger partial charge in [-0.05, 0) is 38.1 Å². The first-order valence-corrected chi connectivity index (χ1v) is 14.6. The van der Waals surface area contributed by atoms with Gasteiger partial charge in [-0.25, -0.2) is 10.9 Å². The van der Waals surface area contributed by atoms with E-state index in [-0.39, 0.29) is 11.8 Å². The number of carbonyl (C=O) groups excluding carboxylic acids is 2. The van der Waals surface area contributed by atoms with E-state index < -0.39 is 10.5 Å². The molecule has 2 aromatic carbocycles. The van der Waals surface area contributed by atoms with E-state index in [0.29, 0.717) is 42.8 Å². The lowest BCUT2D eigenvalue weighted by atomic mass is 10.2. The zero-order chi connectivity index (χ0) is 29.8. The van der Waals surface area contributed by atoms with E-state index in [4.69, 9.17) is 18.9 Å². The molecule has 41 heavy (non-hydrogen) atoms. The zero-order valence-electron chi connectivity index (χ0n) is 23.2. The first-order chi connectivity index (χ1) is 19.8. The van der Waals surface area contributed by atoms with Crippen LogP contribution in [0, 0.1) is 0 Å². The van der Waals surface area contributed by atoms with Crippen LogP contribution in [0.15, 0.2) is 55.3 Å². The third-order valence-electron chi connectivity index (χ3n) is 5.31. The van der Waals surface area contributed by atoms with E-state index in [0.717, 1.165) is 0 Å². The summed E-state index contributed by atoms with van der Waals surface area (Å²) in [7, 11) is 6.15. The number of nitrogens with one attached hydrogen (secondary N) is 2. The molecule has 0 saturated carbocycles. The highest BCUT2D eigenvalue weighted by Gasteiger charge is 2.20. The molecule has 0 aliphatic rings. The van der Waals surface area contributed by atoms with E-state index in [2.05, 4.69) is 31.3 Å². The number of thioether (sulfide) groups is 2. The number of hydrogen-bond acceptors (Lipinski definition) is 13. The van der Waals surface area contributed by atoms with Gasteiger partial charge in [0.15, 0.2) is 31.7 Å². The third kappa shape index (κ3) is 8.83. The highest BCUT2D eigenvalue weighted by Crippen LogP contribution is 2.33. The van der Waals surface area contributed by atoms with Crippen LogP contribution in [-0.4, -0.2) is 73.4 Å². The molecule has 2 amide bonds. The molecule has 12 nitrogen and oxygen atoms in total. The molecule has 0 spiro atoms. The number of rotatable bonds is 14. The Hall–Kier alpha value is -3.82. The number of benzene rings is 2. The van der Waals surface area contributed by atoms with Crippen molar-refractivity contribution in [3.05, 3.63) is 47.5 Å². The highest BCUT2D eigenvalue weighted by atomic mass is 32.2. The van der Waals surface area contributed by atoms with Crippen LogP contribution in [0.5, 0.6) is 23.0 Å². The third-order valence-corrected chi connectivity index (χ3v) is 8.60. The predicted octanol–water partition coefficient (Wildman–Crippen LogP) is 3.83. The zero-order valence-corrected chi connectivity index (χ0v) is 25.7. The Balaban J connectivity index is 1.49. The van der Waals surface area contributed by atoms with Crippen molar-refractivity contribution >= 4 is 59.1 Å². The smallest absolute Gasteiger partial charge is 0.253 e. The number of hydrazone groups is 2. The van der Waals surface area contributed by atoms with Gasteiger partial charge in [-0.1, -0.05) is 47.0 Å². The summed E-state index contributed by atoms with van der Waals surface area (Å²) in [4.78, 5) is 25.1. The van der Waals surface area contributed by atoms with Crippen LogP contribution < -0.4 is 29.8 Å². The average molecular weight is 619 g/mol. The minimum atomic E-state index is -0.492. The van der Waals surface area contributed by atoms with Gasteiger partial charge in [0, 0.05) is 11.1 Å². The number of ether oxygens (including phenoxy) is 4. The van der Waals surface area contributed by atoms with Gasteiger partial charge in [0.05, 0.1) is 51.4 Å². The molecule has 1 heterocycles. The van der Waals surface area contributed by atoms with Gasteiger partial charge < -0.3 is 18.9 Å². The van der Waals surface area contributed by atoms with Gasteiger partial charge in [0.1, 0.15) is 0 Å². The molecule has 0 saturated heterocycles. The number of aromatic nitrogens is 2. The van der Waals surface area contributed by atoms with Crippen molar-refractivity contribution < 1.29 is 28.5 Å². The summed E-state index contributed by atoms with van der Waals surface area (Å²) in [6.07, 6.45) is 2.97. The Morgan fingerprint density at radius 2 is 1.17 bits per heavy atom. The van der Waals surface area contributed by atoms with Gasteiger partial charge in [-0.2, -0.15) is 10.2 Å². The molecule has 0 aliphatic heterocycles. The number of para-hydroxylation sites is 2. The monoisotopic (exact) mass is 618 g/mol. The predicted molar refractivity (Wildman–Crippen MR) is 161 cm³/mol. The molecule has 0 bridgehead atoms. The summed E-state index contributed by atoms with van der Waals surface area (Å²) in [6.45, 7) is 3.47. The molecule has 218 valence electrons. The van der Waals surface area contributed by atoms with Gasteiger partial charge in [-0.3, -0.25) is 9.59 Å². The number of amides is 2.